The Bertz CT molecular complexity index is 682. The van der Waals surface area contributed by atoms with Crippen LogP contribution in [0.15, 0.2) is 29.2 Å². The number of amides is 1. The summed E-state index contributed by atoms with van der Waals surface area (Å²) in [6.07, 6.45) is 6.23. The molecule has 2 N–H and O–H groups in total. The Balaban J connectivity index is 1.63. The predicted octanol–water partition coefficient (Wildman–Crippen LogP) is 2.24. The zero-order chi connectivity index (χ0) is 17.2. The molecule has 2 aliphatic heterocycles. The highest BCUT2D eigenvalue weighted by Gasteiger charge is 2.29. The lowest BCUT2D eigenvalue weighted by Gasteiger charge is -2.31. The number of sulfone groups is 1. The Labute approximate surface area is 147 Å². The summed E-state index contributed by atoms with van der Waals surface area (Å²) >= 11 is 1.82. The summed E-state index contributed by atoms with van der Waals surface area (Å²) in [5.41, 5.74) is 1.04. The first kappa shape index (κ1) is 17.8. The van der Waals surface area contributed by atoms with E-state index in [4.69, 9.17) is 0 Å². The highest BCUT2D eigenvalue weighted by atomic mass is 32.2. The van der Waals surface area contributed by atoms with Crippen LogP contribution < -0.4 is 10.6 Å². The molecule has 1 aromatic rings. The lowest BCUT2D eigenvalue weighted by Crippen LogP contribution is -2.49. The van der Waals surface area contributed by atoms with Gasteiger partial charge in [0.15, 0.2) is 9.84 Å². The molecule has 3 rings (SSSR count). The van der Waals surface area contributed by atoms with Crippen LogP contribution >= 0.6 is 11.8 Å². The number of thioether (sulfide) groups is 1. The minimum Gasteiger partial charge on any atom is -0.343 e. The third-order valence-electron chi connectivity index (χ3n) is 4.65. The van der Waals surface area contributed by atoms with Crippen LogP contribution in [-0.2, 0) is 14.6 Å². The fourth-order valence-electron chi connectivity index (χ4n) is 3.30. The Morgan fingerprint density at radius 2 is 1.92 bits per heavy atom. The van der Waals surface area contributed by atoms with Crippen molar-refractivity contribution in [2.45, 2.75) is 54.5 Å². The third-order valence-corrected chi connectivity index (χ3v) is 7.06. The van der Waals surface area contributed by atoms with E-state index in [0.717, 1.165) is 37.0 Å². The van der Waals surface area contributed by atoms with Crippen molar-refractivity contribution in [3.63, 3.8) is 0 Å². The number of nitrogens with one attached hydrogen (secondary N) is 2. The first-order valence-corrected chi connectivity index (χ1v) is 11.4. The minimum atomic E-state index is -3.17. The molecule has 1 amide bonds. The molecule has 0 aliphatic carbocycles. The molecule has 2 heterocycles. The summed E-state index contributed by atoms with van der Waals surface area (Å²) in [5, 5.41) is 6.82. The smallest absolute Gasteiger partial charge is 0.238 e. The molecule has 5 nitrogen and oxygen atoms in total. The summed E-state index contributed by atoms with van der Waals surface area (Å²) in [7, 11) is -3.17. The van der Waals surface area contributed by atoms with Gasteiger partial charge in [-0.3, -0.25) is 10.1 Å². The van der Waals surface area contributed by atoms with Gasteiger partial charge in [0.05, 0.1) is 16.3 Å². The van der Waals surface area contributed by atoms with Gasteiger partial charge in [0.25, 0.3) is 0 Å². The van der Waals surface area contributed by atoms with E-state index in [-0.39, 0.29) is 23.4 Å². The summed E-state index contributed by atoms with van der Waals surface area (Å²) in [6.45, 7) is 0. The monoisotopic (exact) mass is 368 g/mol. The molecule has 2 saturated heterocycles. The van der Waals surface area contributed by atoms with Crippen molar-refractivity contribution >= 4 is 27.5 Å². The highest BCUT2D eigenvalue weighted by Crippen LogP contribution is 2.28. The van der Waals surface area contributed by atoms with Crippen LogP contribution in [-0.4, -0.2) is 37.7 Å². The van der Waals surface area contributed by atoms with E-state index in [9.17, 15) is 13.2 Å². The number of carbonyl (C=O) groups is 1. The van der Waals surface area contributed by atoms with Gasteiger partial charge in [0, 0.05) is 12.3 Å². The lowest BCUT2D eigenvalue weighted by molar-refractivity contribution is -0.124. The minimum absolute atomic E-state index is 0.0897. The van der Waals surface area contributed by atoms with Crippen molar-refractivity contribution in [3.8, 4) is 0 Å². The summed E-state index contributed by atoms with van der Waals surface area (Å²) < 4.78 is 23.1. The average Bonchev–Trinajstić information content (AvgIpc) is 3.07. The van der Waals surface area contributed by atoms with Gasteiger partial charge in [0.2, 0.25) is 5.91 Å². The fraction of sp³-hybridized carbons (Fsp3) is 0.588. The Hall–Kier alpha value is -1.05. The second kappa shape index (κ2) is 7.45. The van der Waals surface area contributed by atoms with Crippen molar-refractivity contribution in [2.75, 3.05) is 12.0 Å². The molecule has 7 heteroatoms. The summed E-state index contributed by atoms with van der Waals surface area (Å²) in [4.78, 5) is 12.8. The number of rotatable bonds is 4. The number of benzene rings is 1. The molecule has 3 atom stereocenters. The molecule has 3 unspecified atom stereocenters. The van der Waals surface area contributed by atoms with Gasteiger partial charge < -0.3 is 5.32 Å². The van der Waals surface area contributed by atoms with E-state index >= 15 is 0 Å². The number of hydrogen-bond donors (Lipinski definition) is 2. The van der Waals surface area contributed by atoms with E-state index in [1.54, 1.807) is 12.1 Å². The van der Waals surface area contributed by atoms with Crippen molar-refractivity contribution in [1.29, 1.82) is 0 Å². The lowest BCUT2D eigenvalue weighted by atomic mass is 9.93. The normalized spacial score (nSPS) is 27.8. The molecule has 2 aliphatic rings. The Morgan fingerprint density at radius 3 is 2.54 bits per heavy atom. The number of piperidine rings is 1. The zero-order valence-corrected chi connectivity index (χ0v) is 15.5. The maximum atomic E-state index is 12.5. The molecule has 0 spiro atoms. The van der Waals surface area contributed by atoms with Gasteiger partial charge in [-0.2, -0.15) is 0 Å². The first-order valence-electron chi connectivity index (χ1n) is 8.41. The maximum absolute atomic E-state index is 12.5. The van der Waals surface area contributed by atoms with Crippen LogP contribution in [0.1, 0.15) is 43.7 Å². The van der Waals surface area contributed by atoms with E-state index in [2.05, 4.69) is 10.6 Å². The van der Waals surface area contributed by atoms with Crippen molar-refractivity contribution < 1.29 is 13.2 Å². The van der Waals surface area contributed by atoms with Crippen LogP contribution in [0.3, 0.4) is 0 Å². The first-order chi connectivity index (χ1) is 11.4. The van der Waals surface area contributed by atoms with Gasteiger partial charge in [-0.25, -0.2) is 8.42 Å². The molecule has 24 heavy (non-hydrogen) atoms. The van der Waals surface area contributed by atoms with E-state index in [1.807, 2.05) is 23.9 Å². The largest absolute Gasteiger partial charge is 0.343 e. The molecule has 0 bridgehead atoms. The molecule has 2 fully saturated rings. The van der Waals surface area contributed by atoms with E-state index in [1.165, 1.54) is 12.7 Å². The number of hydrogen-bond acceptors (Lipinski definition) is 5. The topological polar surface area (TPSA) is 75.3 Å². The zero-order valence-electron chi connectivity index (χ0n) is 13.8. The van der Waals surface area contributed by atoms with Crippen molar-refractivity contribution in [1.82, 2.24) is 10.6 Å². The molecular weight excluding hydrogens is 344 g/mol. The molecule has 0 radical (unpaired) electrons. The van der Waals surface area contributed by atoms with Crippen LogP contribution in [0.5, 0.6) is 0 Å². The van der Waals surface area contributed by atoms with Crippen molar-refractivity contribution in [3.05, 3.63) is 29.8 Å². The maximum Gasteiger partial charge on any atom is 0.238 e. The summed E-state index contributed by atoms with van der Waals surface area (Å²) in [5.74, 6) is 1.21. The van der Waals surface area contributed by atoms with Crippen LogP contribution in [0, 0.1) is 0 Å². The van der Waals surface area contributed by atoms with Crippen LogP contribution in [0.2, 0.25) is 0 Å². The second-order valence-corrected chi connectivity index (χ2v) is 9.88. The number of carbonyl (C=O) groups excluding carboxylic acids is 1. The van der Waals surface area contributed by atoms with Gasteiger partial charge in [0.1, 0.15) is 0 Å². The van der Waals surface area contributed by atoms with E-state index in [0.29, 0.717) is 4.90 Å². The molecular formula is C17H24N2O3S2. The molecule has 0 saturated carbocycles. The fourth-order valence-corrected chi connectivity index (χ4v) is 5.08. The molecule has 132 valence electrons. The van der Waals surface area contributed by atoms with Gasteiger partial charge >= 0.3 is 0 Å². The van der Waals surface area contributed by atoms with Crippen LogP contribution in [0.4, 0.5) is 0 Å². The summed E-state index contributed by atoms with van der Waals surface area (Å²) in [6, 6.07) is 6.91. The Morgan fingerprint density at radius 1 is 1.17 bits per heavy atom. The van der Waals surface area contributed by atoms with Gasteiger partial charge in [-0.05, 0) is 55.6 Å². The second-order valence-electron chi connectivity index (χ2n) is 6.55. The quantitative estimate of drug-likeness (QED) is 0.852. The third kappa shape index (κ3) is 4.32. The van der Waals surface area contributed by atoms with Crippen molar-refractivity contribution in [2.24, 2.45) is 0 Å². The predicted molar refractivity (Wildman–Crippen MR) is 96.7 cm³/mol. The SMILES string of the molecule is CS(=O)(=O)c1ccc(C2CCCC(C(=O)NC3CCCS3)N2)cc1. The van der Waals surface area contributed by atoms with Gasteiger partial charge in [-0.15, -0.1) is 11.8 Å². The Kier molecular flexibility index (Phi) is 5.52. The van der Waals surface area contributed by atoms with Crippen LogP contribution in [0.25, 0.3) is 0 Å². The van der Waals surface area contributed by atoms with Gasteiger partial charge in [-0.1, -0.05) is 12.1 Å². The highest BCUT2D eigenvalue weighted by molar-refractivity contribution is 8.00. The van der Waals surface area contributed by atoms with E-state index < -0.39 is 9.84 Å². The average molecular weight is 369 g/mol. The molecule has 0 aromatic heterocycles. The molecule has 1 aromatic carbocycles. The standard InChI is InChI=1S/C17H24N2O3S2/c1-24(21,22)13-9-7-12(8-10-13)14-4-2-5-15(18-14)17(20)19-16-6-3-11-23-16/h7-10,14-16,18H,2-6,11H2,1H3,(H,19,20).